The topological polar surface area (TPSA) is 36.2 Å². The number of nitrogens with zero attached hydrogens (tertiary/aromatic N) is 1. The van der Waals surface area contributed by atoms with Crippen LogP contribution in [-0.4, -0.2) is 0 Å². The summed E-state index contributed by atoms with van der Waals surface area (Å²) in [5.74, 6) is 1.22. The molecule has 24 heavy (non-hydrogen) atoms. The summed E-state index contributed by atoms with van der Waals surface area (Å²) in [7, 11) is 0. The number of thioether (sulfide) groups is 1. The molecule has 0 fully saturated rings. The average Bonchev–Trinajstić information content (AvgIpc) is 2.61. The number of aromatic nitrogens is 1. The van der Waals surface area contributed by atoms with E-state index < -0.39 is 0 Å². The Bertz CT molecular complexity index is 791. The minimum Gasteiger partial charge on any atom is -0.618 e. The first-order valence-electron chi connectivity index (χ1n) is 7.48. The van der Waals surface area contributed by atoms with Gasteiger partial charge in [-0.05, 0) is 41.5 Å². The lowest BCUT2D eigenvalue weighted by Crippen LogP contribution is -2.27. The first-order valence-corrected chi connectivity index (χ1v) is 8.46. The Morgan fingerprint density at radius 2 is 1.62 bits per heavy atom. The molecular formula is C19H16FNO2S. The second-order valence-corrected chi connectivity index (χ2v) is 6.21. The Labute approximate surface area is 144 Å². The van der Waals surface area contributed by atoms with E-state index in [1.165, 1.54) is 30.1 Å². The maximum absolute atomic E-state index is 12.9. The molecule has 1 aromatic heterocycles. The molecule has 0 atom stereocenters. The lowest BCUT2D eigenvalue weighted by molar-refractivity contribution is -0.645. The summed E-state index contributed by atoms with van der Waals surface area (Å²) in [6, 6.07) is 19.4. The Kier molecular flexibility index (Phi) is 5.33. The second kappa shape index (κ2) is 7.84. The van der Waals surface area contributed by atoms with Crippen molar-refractivity contribution in [2.24, 2.45) is 0 Å². The maximum Gasteiger partial charge on any atom is 0.251 e. The van der Waals surface area contributed by atoms with Crippen molar-refractivity contribution in [3.63, 3.8) is 0 Å². The van der Waals surface area contributed by atoms with Crippen LogP contribution in [0.1, 0.15) is 11.1 Å². The van der Waals surface area contributed by atoms with Gasteiger partial charge in [0, 0.05) is 17.9 Å². The van der Waals surface area contributed by atoms with E-state index in [-0.39, 0.29) is 5.82 Å². The molecule has 1 heterocycles. The number of ether oxygens (including phenoxy) is 1. The predicted octanol–water partition coefficient (Wildman–Crippen LogP) is 4.33. The summed E-state index contributed by atoms with van der Waals surface area (Å²) in [6.07, 6.45) is 1.49. The van der Waals surface area contributed by atoms with Crippen LogP contribution >= 0.6 is 11.8 Å². The number of pyridine rings is 1. The quantitative estimate of drug-likeness (QED) is 0.380. The highest BCUT2D eigenvalue weighted by Gasteiger charge is 2.05. The van der Waals surface area contributed by atoms with Crippen LogP contribution < -0.4 is 9.47 Å². The van der Waals surface area contributed by atoms with Gasteiger partial charge in [-0.3, -0.25) is 0 Å². The summed E-state index contributed by atoms with van der Waals surface area (Å²) in [4.78, 5) is 0. The Hall–Kier alpha value is -2.53. The first-order chi connectivity index (χ1) is 11.7. The number of benzene rings is 2. The Morgan fingerprint density at radius 1 is 0.917 bits per heavy atom. The van der Waals surface area contributed by atoms with Gasteiger partial charge >= 0.3 is 0 Å². The molecule has 0 aliphatic heterocycles. The van der Waals surface area contributed by atoms with E-state index in [2.05, 4.69) is 0 Å². The Morgan fingerprint density at radius 3 is 2.33 bits per heavy atom. The van der Waals surface area contributed by atoms with Crippen molar-refractivity contribution >= 4 is 11.8 Å². The smallest absolute Gasteiger partial charge is 0.251 e. The molecule has 0 saturated heterocycles. The van der Waals surface area contributed by atoms with Crippen molar-refractivity contribution in [1.82, 2.24) is 0 Å². The van der Waals surface area contributed by atoms with Crippen molar-refractivity contribution < 1.29 is 13.9 Å². The van der Waals surface area contributed by atoms with Crippen molar-refractivity contribution in [2.75, 3.05) is 0 Å². The average molecular weight is 341 g/mol. The summed E-state index contributed by atoms with van der Waals surface area (Å²) >= 11 is 1.49. The molecule has 0 aliphatic rings. The standard InChI is InChI=1S/C19H16FNO2S/c20-17-8-4-15(5-9-17)13-23-18-10-6-16(7-11-18)14-24-19-3-1-2-12-21(19)22/h1-12H,13-14H2. The van der Waals surface area contributed by atoms with E-state index >= 15 is 0 Å². The van der Waals surface area contributed by atoms with E-state index in [1.54, 1.807) is 24.3 Å². The summed E-state index contributed by atoms with van der Waals surface area (Å²) in [5.41, 5.74) is 2.03. The van der Waals surface area contributed by atoms with Crippen LogP contribution in [0.3, 0.4) is 0 Å². The minimum atomic E-state index is -0.251. The molecule has 3 rings (SSSR count). The van der Waals surface area contributed by atoms with Gasteiger partial charge < -0.3 is 9.94 Å². The number of halogens is 1. The minimum absolute atomic E-state index is 0.251. The zero-order valence-electron chi connectivity index (χ0n) is 12.9. The van der Waals surface area contributed by atoms with Crippen molar-refractivity contribution in [2.45, 2.75) is 17.4 Å². The van der Waals surface area contributed by atoms with Gasteiger partial charge in [0.1, 0.15) is 18.2 Å². The van der Waals surface area contributed by atoms with Crippen LogP contribution in [0.5, 0.6) is 5.75 Å². The molecule has 0 saturated carbocycles. The van der Waals surface area contributed by atoms with Crippen LogP contribution in [-0.2, 0) is 12.4 Å². The zero-order chi connectivity index (χ0) is 16.8. The molecule has 3 nitrogen and oxygen atoms in total. The predicted molar refractivity (Wildman–Crippen MR) is 92.1 cm³/mol. The first kappa shape index (κ1) is 16.3. The third-order valence-electron chi connectivity index (χ3n) is 3.42. The molecule has 0 radical (unpaired) electrons. The van der Waals surface area contributed by atoms with Gasteiger partial charge in [0.05, 0.1) is 0 Å². The molecular weight excluding hydrogens is 325 g/mol. The highest BCUT2D eigenvalue weighted by atomic mass is 32.2. The van der Waals surface area contributed by atoms with Gasteiger partial charge in [-0.25, -0.2) is 4.39 Å². The molecule has 2 aromatic carbocycles. The molecule has 0 bridgehead atoms. The number of hydrogen-bond acceptors (Lipinski definition) is 3. The molecule has 0 unspecified atom stereocenters. The Balaban J connectivity index is 1.53. The molecule has 0 amide bonds. The van der Waals surface area contributed by atoms with Gasteiger partial charge in [-0.2, -0.15) is 4.73 Å². The SMILES string of the molecule is [O-][n+]1ccccc1SCc1ccc(OCc2ccc(F)cc2)cc1. The normalized spacial score (nSPS) is 10.5. The second-order valence-electron chi connectivity index (χ2n) is 5.21. The third kappa shape index (κ3) is 4.49. The lowest BCUT2D eigenvalue weighted by atomic mass is 10.2. The fourth-order valence-electron chi connectivity index (χ4n) is 2.11. The van der Waals surface area contributed by atoms with Crippen molar-refractivity contribution in [3.8, 4) is 5.75 Å². The van der Waals surface area contributed by atoms with Crippen LogP contribution in [0.25, 0.3) is 0 Å². The van der Waals surface area contributed by atoms with Gasteiger partial charge in [0.15, 0.2) is 6.20 Å². The zero-order valence-corrected chi connectivity index (χ0v) is 13.7. The van der Waals surface area contributed by atoms with Gasteiger partial charge in [0.2, 0.25) is 0 Å². The fourth-order valence-corrected chi connectivity index (χ4v) is 2.98. The van der Waals surface area contributed by atoms with Crippen LogP contribution in [0, 0.1) is 11.0 Å². The largest absolute Gasteiger partial charge is 0.618 e. The summed E-state index contributed by atoms with van der Waals surface area (Å²) in [5, 5.41) is 12.3. The molecule has 5 heteroatoms. The maximum atomic E-state index is 12.9. The van der Waals surface area contributed by atoms with E-state index in [0.717, 1.165) is 21.6 Å². The van der Waals surface area contributed by atoms with E-state index in [0.29, 0.717) is 17.4 Å². The molecule has 0 spiro atoms. The molecule has 3 aromatic rings. The van der Waals surface area contributed by atoms with Crippen LogP contribution in [0.15, 0.2) is 78.0 Å². The number of hydrogen-bond donors (Lipinski definition) is 0. The van der Waals surface area contributed by atoms with Gasteiger partial charge in [0.25, 0.3) is 5.03 Å². The third-order valence-corrected chi connectivity index (χ3v) is 4.51. The summed E-state index contributed by atoms with van der Waals surface area (Å²) < 4.78 is 19.4. The van der Waals surface area contributed by atoms with E-state index in [1.807, 2.05) is 30.3 Å². The highest BCUT2D eigenvalue weighted by Crippen LogP contribution is 2.21. The number of rotatable bonds is 6. The van der Waals surface area contributed by atoms with Crippen molar-refractivity contribution in [3.05, 3.63) is 95.1 Å². The van der Waals surface area contributed by atoms with Crippen LogP contribution in [0.4, 0.5) is 4.39 Å². The van der Waals surface area contributed by atoms with Gasteiger partial charge in [-0.1, -0.05) is 36.0 Å². The van der Waals surface area contributed by atoms with E-state index in [4.69, 9.17) is 4.74 Å². The van der Waals surface area contributed by atoms with E-state index in [9.17, 15) is 9.60 Å². The van der Waals surface area contributed by atoms with Gasteiger partial charge in [-0.15, -0.1) is 0 Å². The molecule has 0 aliphatic carbocycles. The van der Waals surface area contributed by atoms with Crippen molar-refractivity contribution in [1.29, 1.82) is 0 Å². The molecule has 122 valence electrons. The van der Waals surface area contributed by atoms with Crippen LogP contribution in [0.2, 0.25) is 0 Å². The monoisotopic (exact) mass is 341 g/mol. The summed E-state index contributed by atoms with van der Waals surface area (Å²) in [6.45, 7) is 0.397. The lowest BCUT2D eigenvalue weighted by Gasteiger charge is -2.07. The highest BCUT2D eigenvalue weighted by molar-refractivity contribution is 7.98. The molecule has 0 N–H and O–H groups in total. The fraction of sp³-hybridized carbons (Fsp3) is 0.105.